The topological polar surface area (TPSA) is 65.8 Å². The number of amides is 3. The third kappa shape index (κ3) is 9.89. The number of carbonyl (C=O) groups is 2. The first kappa shape index (κ1) is 34.6. The van der Waals surface area contributed by atoms with Crippen LogP contribution < -0.4 is 5.32 Å². The van der Waals surface area contributed by atoms with E-state index >= 15 is 0 Å². The smallest absolute Gasteiger partial charge is 0.416 e. The molecule has 0 bridgehead atoms. The lowest BCUT2D eigenvalue weighted by atomic mass is 9.95. The molecule has 12 heteroatoms. The summed E-state index contributed by atoms with van der Waals surface area (Å²) in [5, 5.41) is 2.21. The van der Waals surface area contributed by atoms with Crippen molar-refractivity contribution in [3.63, 3.8) is 0 Å². The molecule has 1 aliphatic rings. The molecule has 0 aliphatic carbocycles. The number of nitrogens with one attached hydrogen (secondary N) is 1. The van der Waals surface area contributed by atoms with Gasteiger partial charge in [0.25, 0.3) is 5.91 Å². The van der Waals surface area contributed by atoms with Gasteiger partial charge in [0.15, 0.2) is 5.76 Å². The highest BCUT2D eigenvalue weighted by atomic mass is 19.4. The Labute approximate surface area is 264 Å². The molecule has 3 aromatic rings. The highest BCUT2D eigenvalue weighted by Crippen LogP contribution is 2.37. The van der Waals surface area contributed by atoms with Crippen LogP contribution >= 0.6 is 0 Å². The molecular formula is C34H37F6N3O3. The maximum atomic E-state index is 13.5. The van der Waals surface area contributed by atoms with E-state index in [1.807, 2.05) is 30.3 Å². The molecule has 1 aromatic heterocycles. The molecule has 1 aliphatic heterocycles. The average molecular weight is 650 g/mol. The molecule has 46 heavy (non-hydrogen) atoms. The Morgan fingerprint density at radius 1 is 0.935 bits per heavy atom. The fraction of sp³-hybridized carbons (Fsp3) is 0.412. The number of furan rings is 1. The number of hydrogen-bond acceptors (Lipinski definition) is 3. The van der Waals surface area contributed by atoms with Crippen molar-refractivity contribution >= 4 is 23.7 Å². The molecule has 248 valence electrons. The Balaban J connectivity index is 1.44. The summed E-state index contributed by atoms with van der Waals surface area (Å²) in [4.78, 5) is 29.5. The monoisotopic (exact) mass is 649 g/mol. The summed E-state index contributed by atoms with van der Waals surface area (Å²) >= 11 is 0. The molecule has 0 saturated carbocycles. The van der Waals surface area contributed by atoms with E-state index in [2.05, 4.69) is 18.3 Å². The van der Waals surface area contributed by atoms with Gasteiger partial charge in [-0.3, -0.25) is 4.79 Å². The number of alkyl halides is 6. The van der Waals surface area contributed by atoms with Crippen molar-refractivity contribution in [3.8, 4) is 0 Å². The summed E-state index contributed by atoms with van der Waals surface area (Å²) in [6.07, 6.45) is -1.65. The SMILES string of the molecule is CCCCC/C(=C\c1ccccc1)CN(CC1CCN(C(=O)Nc2cc(C(F)(F)F)cc(C(F)(F)F)c2)CC1)C(=O)c1ccco1. The number of hydrogen-bond donors (Lipinski definition) is 1. The molecule has 1 N–H and O–H groups in total. The Bertz CT molecular complexity index is 1430. The van der Waals surface area contributed by atoms with Gasteiger partial charge < -0.3 is 19.5 Å². The van der Waals surface area contributed by atoms with E-state index in [1.54, 1.807) is 17.0 Å². The normalized spacial score (nSPS) is 14.8. The molecule has 0 atom stereocenters. The van der Waals surface area contributed by atoms with Crippen LogP contribution in [0.1, 0.15) is 72.7 Å². The lowest BCUT2D eigenvalue weighted by Crippen LogP contribution is -2.44. The molecule has 2 heterocycles. The minimum absolute atomic E-state index is 0.00182. The first-order chi connectivity index (χ1) is 21.8. The predicted octanol–water partition coefficient (Wildman–Crippen LogP) is 9.37. The maximum Gasteiger partial charge on any atom is 0.416 e. The van der Waals surface area contributed by atoms with Crippen LogP contribution in [0.2, 0.25) is 0 Å². The van der Waals surface area contributed by atoms with Gasteiger partial charge in [-0.15, -0.1) is 0 Å². The zero-order valence-corrected chi connectivity index (χ0v) is 25.5. The number of rotatable bonds is 11. The molecular weight excluding hydrogens is 612 g/mol. The van der Waals surface area contributed by atoms with Crippen LogP contribution in [0.5, 0.6) is 0 Å². The Morgan fingerprint density at radius 2 is 1.59 bits per heavy atom. The largest absolute Gasteiger partial charge is 0.459 e. The fourth-order valence-electron chi connectivity index (χ4n) is 5.46. The summed E-state index contributed by atoms with van der Waals surface area (Å²) in [5.74, 6) is -0.0460. The van der Waals surface area contributed by atoms with E-state index in [0.717, 1.165) is 36.8 Å². The van der Waals surface area contributed by atoms with E-state index in [1.165, 1.54) is 11.2 Å². The number of urea groups is 1. The van der Waals surface area contributed by atoms with Crippen molar-refractivity contribution in [2.45, 2.75) is 57.8 Å². The summed E-state index contributed by atoms with van der Waals surface area (Å²) in [6.45, 7) is 3.33. The minimum Gasteiger partial charge on any atom is -0.459 e. The van der Waals surface area contributed by atoms with Gasteiger partial charge in [-0.2, -0.15) is 26.3 Å². The number of halogens is 6. The Morgan fingerprint density at radius 3 is 2.15 bits per heavy atom. The number of carbonyl (C=O) groups excluding carboxylic acids is 2. The fourth-order valence-corrected chi connectivity index (χ4v) is 5.46. The van der Waals surface area contributed by atoms with Crippen molar-refractivity contribution in [2.75, 3.05) is 31.5 Å². The Hall–Kier alpha value is -4.22. The summed E-state index contributed by atoms with van der Waals surface area (Å²) in [6, 6.07) is 13.3. The van der Waals surface area contributed by atoms with E-state index in [9.17, 15) is 35.9 Å². The number of piperidine rings is 1. The van der Waals surface area contributed by atoms with E-state index in [4.69, 9.17) is 4.42 Å². The van der Waals surface area contributed by atoms with Crippen LogP contribution in [0.4, 0.5) is 36.8 Å². The number of likely N-dealkylation sites (tertiary alicyclic amines) is 1. The van der Waals surface area contributed by atoms with Crippen LogP contribution in [0.3, 0.4) is 0 Å². The molecule has 0 spiro atoms. The first-order valence-corrected chi connectivity index (χ1v) is 15.3. The third-order valence-corrected chi connectivity index (χ3v) is 7.90. The van der Waals surface area contributed by atoms with Crippen molar-refractivity contribution in [1.82, 2.24) is 9.80 Å². The highest BCUT2D eigenvalue weighted by Gasteiger charge is 2.37. The number of anilines is 1. The van der Waals surface area contributed by atoms with Crippen molar-refractivity contribution in [3.05, 3.63) is 95.0 Å². The molecule has 3 amide bonds. The summed E-state index contributed by atoms with van der Waals surface area (Å²) in [7, 11) is 0. The van der Waals surface area contributed by atoms with Crippen molar-refractivity contribution in [2.24, 2.45) is 5.92 Å². The molecule has 1 fully saturated rings. The summed E-state index contributed by atoms with van der Waals surface area (Å²) < 4.78 is 85.0. The Kier molecular flexibility index (Phi) is 11.6. The van der Waals surface area contributed by atoms with Gasteiger partial charge in [0.05, 0.1) is 17.4 Å². The zero-order chi connectivity index (χ0) is 33.3. The zero-order valence-electron chi connectivity index (χ0n) is 25.5. The van der Waals surface area contributed by atoms with E-state index in [0.29, 0.717) is 38.1 Å². The third-order valence-electron chi connectivity index (χ3n) is 7.90. The van der Waals surface area contributed by atoms with Crippen LogP contribution in [0.15, 0.2) is 76.9 Å². The predicted molar refractivity (Wildman–Crippen MR) is 163 cm³/mol. The van der Waals surface area contributed by atoms with Gasteiger partial charge in [0, 0.05) is 31.9 Å². The van der Waals surface area contributed by atoms with Gasteiger partial charge in [-0.05, 0) is 67.5 Å². The van der Waals surface area contributed by atoms with Crippen LogP contribution in [0.25, 0.3) is 6.08 Å². The van der Waals surface area contributed by atoms with Gasteiger partial charge in [0.2, 0.25) is 0 Å². The maximum absolute atomic E-state index is 13.5. The quantitative estimate of drug-likeness (QED) is 0.166. The standard InChI is InChI=1S/C34H37F6N3O3/c1-2-3-5-11-26(18-24-9-6-4-7-10-24)23-43(31(44)30-12-8-17-46-30)22-25-13-15-42(16-14-25)32(45)41-29-20-27(33(35,36)37)19-28(21-29)34(38,39)40/h4,6-10,12,17-21,25H,2-3,5,11,13-16,22-23H2,1H3,(H,41,45)/b26-18+. The minimum atomic E-state index is -5.02. The summed E-state index contributed by atoms with van der Waals surface area (Å²) in [5.41, 5.74) is -1.48. The lowest BCUT2D eigenvalue weighted by molar-refractivity contribution is -0.143. The number of nitrogens with zero attached hydrogens (tertiary/aromatic N) is 2. The average Bonchev–Trinajstić information content (AvgIpc) is 3.55. The van der Waals surface area contributed by atoms with E-state index in [-0.39, 0.29) is 36.7 Å². The second-order valence-electron chi connectivity index (χ2n) is 11.5. The van der Waals surface area contributed by atoms with Gasteiger partial charge in [0.1, 0.15) is 0 Å². The molecule has 6 nitrogen and oxygen atoms in total. The molecule has 1 saturated heterocycles. The van der Waals surface area contributed by atoms with Crippen molar-refractivity contribution in [1.29, 1.82) is 0 Å². The van der Waals surface area contributed by atoms with Crippen LogP contribution in [0, 0.1) is 5.92 Å². The molecule has 2 aromatic carbocycles. The van der Waals surface area contributed by atoms with Crippen molar-refractivity contribution < 1.29 is 40.3 Å². The number of unbranched alkanes of at least 4 members (excludes halogenated alkanes) is 2. The second kappa shape index (κ2) is 15.4. The van der Waals surface area contributed by atoms with Gasteiger partial charge in [-0.25, -0.2) is 4.79 Å². The second-order valence-corrected chi connectivity index (χ2v) is 11.5. The van der Waals surface area contributed by atoms with Gasteiger partial charge in [-0.1, -0.05) is 61.7 Å². The van der Waals surface area contributed by atoms with Gasteiger partial charge >= 0.3 is 18.4 Å². The number of benzene rings is 2. The molecule has 0 radical (unpaired) electrons. The van der Waals surface area contributed by atoms with E-state index < -0.39 is 35.2 Å². The molecule has 4 rings (SSSR count). The first-order valence-electron chi connectivity index (χ1n) is 15.3. The van der Waals surface area contributed by atoms with Crippen LogP contribution in [-0.2, 0) is 12.4 Å². The highest BCUT2D eigenvalue weighted by molar-refractivity contribution is 5.92. The lowest BCUT2D eigenvalue weighted by Gasteiger charge is -2.35. The van der Waals surface area contributed by atoms with Crippen LogP contribution in [-0.4, -0.2) is 47.9 Å². The molecule has 0 unspecified atom stereocenters.